The first-order valence-electron chi connectivity index (χ1n) is 5.92. The molecule has 0 bridgehead atoms. The minimum atomic E-state index is -3.36. The van der Waals surface area contributed by atoms with Crippen molar-refractivity contribution in [3.05, 3.63) is 0 Å². The number of carbonyl (C=O) groups excluding carboxylic acids is 2. The van der Waals surface area contributed by atoms with Gasteiger partial charge in [0.15, 0.2) is 0 Å². The highest BCUT2D eigenvalue weighted by molar-refractivity contribution is 7.88. The van der Waals surface area contributed by atoms with Crippen molar-refractivity contribution < 1.29 is 18.0 Å². The van der Waals surface area contributed by atoms with Crippen LogP contribution >= 0.6 is 0 Å². The average Bonchev–Trinajstić information content (AvgIpc) is 2.76. The summed E-state index contributed by atoms with van der Waals surface area (Å²) in [4.78, 5) is 24.9. The van der Waals surface area contributed by atoms with E-state index in [4.69, 9.17) is 0 Å². The Bertz CT molecular complexity index is 462. The van der Waals surface area contributed by atoms with Gasteiger partial charge >= 0.3 is 0 Å². The maximum atomic E-state index is 12.2. The van der Waals surface area contributed by atoms with Crippen LogP contribution in [0.4, 0.5) is 0 Å². The highest BCUT2D eigenvalue weighted by Crippen LogP contribution is 2.22. The molecule has 0 radical (unpaired) electrons. The van der Waals surface area contributed by atoms with Crippen molar-refractivity contribution in [2.75, 3.05) is 32.4 Å². The first-order chi connectivity index (χ1) is 8.39. The molecule has 7 nitrogen and oxygen atoms in total. The lowest BCUT2D eigenvalue weighted by Gasteiger charge is -2.31. The topological polar surface area (TPSA) is 86.8 Å². The molecule has 102 valence electrons. The maximum Gasteiger partial charge on any atom is 0.241 e. The van der Waals surface area contributed by atoms with E-state index in [9.17, 15) is 18.0 Å². The van der Waals surface area contributed by atoms with Crippen LogP contribution in [-0.2, 0) is 19.6 Å². The van der Waals surface area contributed by atoms with Gasteiger partial charge in [0, 0.05) is 19.6 Å². The van der Waals surface area contributed by atoms with Crippen LogP contribution in [0.3, 0.4) is 0 Å². The second-order valence-electron chi connectivity index (χ2n) is 4.64. The molecule has 0 spiro atoms. The summed E-state index contributed by atoms with van der Waals surface area (Å²) in [6.07, 6.45) is 2.33. The molecule has 1 unspecified atom stereocenters. The lowest BCUT2D eigenvalue weighted by molar-refractivity contribution is -0.140. The smallest absolute Gasteiger partial charge is 0.241 e. The number of hydrogen-bond donors (Lipinski definition) is 1. The van der Waals surface area contributed by atoms with Gasteiger partial charge in [0.05, 0.1) is 12.8 Å². The van der Waals surface area contributed by atoms with E-state index < -0.39 is 16.1 Å². The van der Waals surface area contributed by atoms with E-state index in [0.717, 1.165) is 6.26 Å². The van der Waals surface area contributed by atoms with Gasteiger partial charge in [-0.1, -0.05) is 0 Å². The predicted molar refractivity (Wildman–Crippen MR) is 64.2 cm³/mol. The van der Waals surface area contributed by atoms with Crippen LogP contribution in [0, 0.1) is 0 Å². The molecule has 2 aliphatic rings. The quantitative estimate of drug-likeness (QED) is 0.655. The maximum absolute atomic E-state index is 12.2. The van der Waals surface area contributed by atoms with Crippen LogP contribution < -0.4 is 5.32 Å². The van der Waals surface area contributed by atoms with Crippen LogP contribution in [0.1, 0.15) is 12.8 Å². The number of rotatable bonds is 2. The summed E-state index contributed by atoms with van der Waals surface area (Å²) in [5, 5.41) is 2.63. The van der Waals surface area contributed by atoms with Crippen LogP contribution in [0.2, 0.25) is 0 Å². The van der Waals surface area contributed by atoms with E-state index in [2.05, 4.69) is 5.32 Å². The molecular weight excluding hydrogens is 258 g/mol. The molecule has 1 N–H and O–H groups in total. The molecule has 2 rings (SSSR count). The summed E-state index contributed by atoms with van der Waals surface area (Å²) in [5.41, 5.74) is 0. The first kappa shape index (κ1) is 13.3. The van der Waals surface area contributed by atoms with Gasteiger partial charge in [-0.2, -0.15) is 4.31 Å². The van der Waals surface area contributed by atoms with Crippen LogP contribution in [0.15, 0.2) is 0 Å². The largest absolute Gasteiger partial charge is 0.353 e. The van der Waals surface area contributed by atoms with Crippen LogP contribution in [-0.4, -0.2) is 67.9 Å². The van der Waals surface area contributed by atoms with Crippen LogP contribution in [0.25, 0.3) is 0 Å². The Morgan fingerprint density at radius 1 is 1.39 bits per heavy atom. The van der Waals surface area contributed by atoms with Crippen molar-refractivity contribution in [3.8, 4) is 0 Å². The van der Waals surface area contributed by atoms with E-state index in [1.165, 1.54) is 9.21 Å². The van der Waals surface area contributed by atoms with Crippen LogP contribution in [0.5, 0.6) is 0 Å². The highest BCUT2D eigenvalue weighted by atomic mass is 32.2. The number of carbonyl (C=O) groups is 2. The van der Waals surface area contributed by atoms with E-state index >= 15 is 0 Å². The molecular formula is C10H17N3O4S. The van der Waals surface area contributed by atoms with E-state index in [-0.39, 0.29) is 18.4 Å². The standard InChI is InChI=1S/C10H17N3O4S/c1-18(16,17)13-5-2-3-8(13)10(15)12-6-4-11-9(14)7-12/h8H,2-7H2,1H3,(H,11,14). The molecule has 0 aromatic rings. The fourth-order valence-corrected chi connectivity index (χ4v) is 3.54. The molecule has 2 amide bonds. The van der Waals surface area contributed by atoms with Gasteiger partial charge in [-0.05, 0) is 12.8 Å². The Labute approximate surface area is 106 Å². The number of nitrogens with zero attached hydrogens (tertiary/aromatic N) is 2. The summed E-state index contributed by atoms with van der Waals surface area (Å²) in [6, 6.07) is -0.633. The van der Waals surface area contributed by atoms with Crippen molar-refractivity contribution in [1.82, 2.24) is 14.5 Å². The second-order valence-corrected chi connectivity index (χ2v) is 6.58. The van der Waals surface area contributed by atoms with Crippen molar-refractivity contribution in [2.45, 2.75) is 18.9 Å². The minimum absolute atomic E-state index is 0.0208. The molecule has 0 saturated carbocycles. The number of piperazine rings is 1. The van der Waals surface area contributed by atoms with Crippen molar-refractivity contribution in [3.63, 3.8) is 0 Å². The zero-order valence-corrected chi connectivity index (χ0v) is 11.1. The Morgan fingerprint density at radius 2 is 2.11 bits per heavy atom. The summed E-state index contributed by atoms with van der Waals surface area (Å²) in [5.74, 6) is -0.453. The van der Waals surface area contributed by atoms with Crippen molar-refractivity contribution in [1.29, 1.82) is 0 Å². The first-order valence-corrected chi connectivity index (χ1v) is 7.77. The molecule has 0 aromatic heterocycles. The van der Waals surface area contributed by atoms with E-state index in [1.54, 1.807) is 0 Å². The number of sulfonamides is 1. The molecule has 0 aromatic carbocycles. The third-order valence-electron chi connectivity index (χ3n) is 3.26. The Kier molecular flexibility index (Phi) is 3.58. The average molecular weight is 275 g/mol. The third-order valence-corrected chi connectivity index (χ3v) is 4.55. The van der Waals surface area contributed by atoms with E-state index in [0.29, 0.717) is 32.5 Å². The monoisotopic (exact) mass is 275 g/mol. The lowest BCUT2D eigenvalue weighted by Crippen LogP contribution is -2.55. The lowest BCUT2D eigenvalue weighted by atomic mass is 10.2. The number of amides is 2. The highest BCUT2D eigenvalue weighted by Gasteiger charge is 2.39. The fraction of sp³-hybridized carbons (Fsp3) is 0.800. The van der Waals surface area contributed by atoms with Gasteiger partial charge in [0.25, 0.3) is 0 Å². The fourth-order valence-electron chi connectivity index (χ4n) is 2.42. The predicted octanol–water partition coefficient (Wildman–Crippen LogP) is -1.63. The second kappa shape index (κ2) is 4.85. The zero-order chi connectivity index (χ0) is 13.3. The molecule has 2 fully saturated rings. The Morgan fingerprint density at radius 3 is 2.72 bits per heavy atom. The van der Waals surface area contributed by atoms with Gasteiger partial charge in [-0.25, -0.2) is 8.42 Å². The Hall–Kier alpha value is -1.15. The summed E-state index contributed by atoms with van der Waals surface area (Å²) in [6.45, 7) is 1.27. The van der Waals surface area contributed by atoms with Gasteiger partial charge in [-0.15, -0.1) is 0 Å². The third kappa shape index (κ3) is 2.64. The summed E-state index contributed by atoms with van der Waals surface area (Å²) >= 11 is 0. The van der Waals surface area contributed by atoms with Gasteiger partial charge in [0.2, 0.25) is 21.8 Å². The molecule has 8 heteroatoms. The van der Waals surface area contributed by atoms with Gasteiger partial charge in [-0.3, -0.25) is 9.59 Å². The molecule has 2 aliphatic heterocycles. The van der Waals surface area contributed by atoms with E-state index in [1.807, 2.05) is 0 Å². The SMILES string of the molecule is CS(=O)(=O)N1CCCC1C(=O)N1CCNC(=O)C1. The Balaban J connectivity index is 2.10. The minimum Gasteiger partial charge on any atom is -0.353 e. The van der Waals surface area contributed by atoms with Gasteiger partial charge in [0.1, 0.15) is 6.04 Å². The number of hydrogen-bond acceptors (Lipinski definition) is 4. The zero-order valence-electron chi connectivity index (χ0n) is 10.3. The summed E-state index contributed by atoms with van der Waals surface area (Å²) < 4.78 is 24.4. The number of nitrogens with one attached hydrogen (secondary N) is 1. The molecule has 2 saturated heterocycles. The van der Waals surface area contributed by atoms with Gasteiger partial charge < -0.3 is 10.2 Å². The summed E-state index contributed by atoms with van der Waals surface area (Å²) in [7, 11) is -3.36. The normalized spacial score (nSPS) is 26.2. The molecule has 0 aliphatic carbocycles. The molecule has 18 heavy (non-hydrogen) atoms. The molecule has 1 atom stereocenters. The van der Waals surface area contributed by atoms with Crippen molar-refractivity contribution >= 4 is 21.8 Å². The molecule has 2 heterocycles. The van der Waals surface area contributed by atoms with Crippen molar-refractivity contribution in [2.24, 2.45) is 0 Å².